The van der Waals surface area contributed by atoms with Crippen LogP contribution in [0.4, 0.5) is 5.69 Å². The molecule has 0 bridgehead atoms. The molecule has 0 aromatic heterocycles. The molecule has 0 spiro atoms. The summed E-state index contributed by atoms with van der Waals surface area (Å²) in [6.07, 6.45) is 0. The molecule has 2 rings (SSSR count). The molecule has 108 valence electrons. The Bertz CT molecular complexity index is 496. The van der Waals surface area contributed by atoms with Gasteiger partial charge in [0.15, 0.2) is 6.61 Å². The van der Waals surface area contributed by atoms with E-state index < -0.39 is 5.97 Å². The first-order chi connectivity index (χ1) is 9.58. The number of carbonyl (C=O) groups excluding carboxylic acids is 2. The minimum absolute atomic E-state index is 0.152. The van der Waals surface area contributed by atoms with Crippen LogP contribution in [0.2, 0.25) is 0 Å². The zero-order chi connectivity index (χ0) is 14.5. The number of esters is 1. The molecule has 0 saturated carbocycles. The Labute approximate surface area is 118 Å². The number of nitrogens with zero attached hydrogens (tertiary/aromatic N) is 1. The Morgan fingerprint density at radius 2 is 1.95 bits per heavy atom. The molecule has 1 aromatic carbocycles. The maximum atomic E-state index is 11.9. The van der Waals surface area contributed by atoms with Gasteiger partial charge in [-0.15, -0.1) is 0 Å². The lowest BCUT2D eigenvalue weighted by Gasteiger charge is -2.29. The Morgan fingerprint density at radius 1 is 1.30 bits per heavy atom. The summed E-state index contributed by atoms with van der Waals surface area (Å²) in [4.78, 5) is 26.9. The van der Waals surface area contributed by atoms with Crippen LogP contribution in [0.25, 0.3) is 0 Å². The number of hydrogen-bond donors (Lipinski definition) is 2. The zero-order valence-corrected chi connectivity index (χ0v) is 11.6. The second-order valence-corrected chi connectivity index (χ2v) is 5.00. The molecule has 1 saturated heterocycles. The van der Waals surface area contributed by atoms with Crippen molar-refractivity contribution in [3.63, 3.8) is 0 Å². The number of carbonyl (C=O) groups is 2. The lowest BCUT2D eigenvalue weighted by atomic mass is 10.2. The molecular weight excluding hydrogens is 258 g/mol. The summed E-state index contributed by atoms with van der Waals surface area (Å²) in [5.41, 5.74) is 6.34. The van der Waals surface area contributed by atoms with Crippen LogP contribution in [0.3, 0.4) is 0 Å². The third-order valence-electron chi connectivity index (χ3n) is 3.48. The molecule has 1 aliphatic heterocycles. The first-order valence-corrected chi connectivity index (χ1v) is 6.68. The molecule has 1 aliphatic rings. The molecule has 3 N–H and O–H groups in total. The van der Waals surface area contributed by atoms with Crippen molar-refractivity contribution in [1.29, 1.82) is 0 Å². The van der Waals surface area contributed by atoms with E-state index in [1.54, 1.807) is 29.2 Å². The Morgan fingerprint density at radius 3 is 2.60 bits per heavy atom. The van der Waals surface area contributed by atoms with E-state index in [1.807, 2.05) is 0 Å². The monoisotopic (exact) mass is 278 g/mol. The van der Waals surface area contributed by atoms with Gasteiger partial charge in [0.1, 0.15) is 0 Å². The van der Waals surface area contributed by atoms with Crippen molar-refractivity contribution in [2.45, 2.75) is 0 Å². The van der Waals surface area contributed by atoms with Crippen LogP contribution < -0.4 is 10.6 Å². The van der Waals surface area contributed by atoms with Crippen LogP contribution in [0, 0.1) is 0 Å². The molecule has 1 fully saturated rings. The molecule has 6 nitrogen and oxygen atoms in total. The largest absolute Gasteiger partial charge is 0.452 e. The fourth-order valence-electron chi connectivity index (χ4n) is 2.12. The maximum absolute atomic E-state index is 11.9. The fourth-order valence-corrected chi connectivity index (χ4v) is 2.12. The highest BCUT2D eigenvalue weighted by Gasteiger charge is 2.22. The highest BCUT2D eigenvalue weighted by atomic mass is 16.5. The van der Waals surface area contributed by atoms with Crippen LogP contribution in [0.5, 0.6) is 0 Å². The molecule has 1 heterocycles. The minimum Gasteiger partial charge on any atom is -0.452 e. The van der Waals surface area contributed by atoms with Crippen LogP contribution in [-0.2, 0) is 9.53 Å². The van der Waals surface area contributed by atoms with Crippen LogP contribution in [0.1, 0.15) is 10.4 Å². The molecule has 0 radical (unpaired) electrons. The number of rotatable bonds is 3. The van der Waals surface area contributed by atoms with E-state index in [2.05, 4.69) is 7.05 Å². The van der Waals surface area contributed by atoms with Crippen LogP contribution in [0.15, 0.2) is 24.3 Å². The molecular formula is C14H20N3O3+. The minimum atomic E-state index is -0.559. The van der Waals surface area contributed by atoms with Gasteiger partial charge in [-0.1, -0.05) is 12.1 Å². The number of likely N-dealkylation sites (N-methyl/N-ethyl adjacent to an activating group) is 1. The molecule has 1 amide bonds. The second kappa shape index (κ2) is 6.38. The number of ether oxygens (including phenoxy) is 1. The van der Waals surface area contributed by atoms with Gasteiger partial charge in [-0.3, -0.25) is 4.79 Å². The fraction of sp³-hybridized carbons (Fsp3) is 0.429. The molecule has 20 heavy (non-hydrogen) atoms. The van der Waals surface area contributed by atoms with Crippen molar-refractivity contribution in [3.05, 3.63) is 29.8 Å². The normalized spacial score (nSPS) is 15.9. The number of nitrogen functional groups attached to an aromatic ring is 1. The molecule has 6 heteroatoms. The van der Waals surface area contributed by atoms with Gasteiger partial charge < -0.3 is 20.3 Å². The first kappa shape index (κ1) is 14.3. The second-order valence-electron chi connectivity index (χ2n) is 5.00. The molecule has 0 aliphatic carbocycles. The topological polar surface area (TPSA) is 77.1 Å². The van der Waals surface area contributed by atoms with Crippen molar-refractivity contribution < 1.29 is 19.2 Å². The number of piperazine rings is 1. The van der Waals surface area contributed by atoms with Crippen molar-refractivity contribution in [2.75, 3.05) is 45.6 Å². The van der Waals surface area contributed by atoms with E-state index in [-0.39, 0.29) is 12.5 Å². The Kier molecular flexibility index (Phi) is 4.57. The highest BCUT2D eigenvalue weighted by Crippen LogP contribution is 2.11. The quantitative estimate of drug-likeness (QED) is 0.537. The summed E-state index contributed by atoms with van der Waals surface area (Å²) in [6.45, 7) is 3.02. The van der Waals surface area contributed by atoms with Gasteiger partial charge in [0.2, 0.25) is 0 Å². The lowest BCUT2D eigenvalue weighted by Crippen LogP contribution is -3.12. The summed E-state index contributed by atoms with van der Waals surface area (Å²) in [5, 5.41) is 0. The smallest absolute Gasteiger partial charge is 0.340 e. The summed E-state index contributed by atoms with van der Waals surface area (Å²) in [5.74, 6) is -0.712. The Balaban J connectivity index is 1.84. The van der Waals surface area contributed by atoms with E-state index in [0.29, 0.717) is 24.3 Å². The summed E-state index contributed by atoms with van der Waals surface area (Å²) >= 11 is 0. The zero-order valence-electron chi connectivity index (χ0n) is 11.6. The van der Waals surface area contributed by atoms with Gasteiger partial charge in [0.25, 0.3) is 5.91 Å². The number of quaternary nitrogens is 1. The standard InChI is InChI=1S/C14H19N3O3/c1-16-6-8-17(9-7-16)13(18)10-20-14(19)11-4-2-3-5-12(11)15/h2-5H,6-10,15H2,1H3/p+1. The highest BCUT2D eigenvalue weighted by molar-refractivity contribution is 5.96. The van der Waals surface area contributed by atoms with E-state index in [9.17, 15) is 9.59 Å². The summed E-state index contributed by atoms with van der Waals surface area (Å²) in [6, 6.07) is 6.66. The molecule has 1 aromatic rings. The number of benzene rings is 1. The average Bonchev–Trinajstić information content (AvgIpc) is 2.45. The average molecular weight is 278 g/mol. The van der Waals surface area contributed by atoms with Crippen LogP contribution in [-0.4, -0.2) is 56.6 Å². The SMILES string of the molecule is C[NH+]1CCN(C(=O)COC(=O)c2ccccc2N)CC1. The van der Waals surface area contributed by atoms with E-state index in [1.165, 1.54) is 4.90 Å². The van der Waals surface area contributed by atoms with E-state index >= 15 is 0 Å². The number of amides is 1. The third kappa shape index (κ3) is 3.48. The number of nitrogens with two attached hydrogens (primary N) is 1. The summed E-state index contributed by atoms with van der Waals surface area (Å²) < 4.78 is 5.03. The van der Waals surface area contributed by atoms with Gasteiger partial charge in [-0.25, -0.2) is 4.79 Å². The third-order valence-corrected chi connectivity index (χ3v) is 3.48. The van der Waals surface area contributed by atoms with Crippen LogP contribution >= 0.6 is 0 Å². The van der Waals surface area contributed by atoms with Gasteiger partial charge >= 0.3 is 5.97 Å². The number of hydrogen-bond acceptors (Lipinski definition) is 4. The lowest BCUT2D eigenvalue weighted by molar-refractivity contribution is -0.883. The van der Waals surface area contributed by atoms with Gasteiger partial charge in [0, 0.05) is 5.69 Å². The van der Waals surface area contributed by atoms with Crippen molar-refractivity contribution in [2.24, 2.45) is 0 Å². The maximum Gasteiger partial charge on any atom is 0.340 e. The van der Waals surface area contributed by atoms with Crippen molar-refractivity contribution in [1.82, 2.24) is 4.90 Å². The van der Waals surface area contributed by atoms with Gasteiger partial charge in [0.05, 0.1) is 38.8 Å². The van der Waals surface area contributed by atoms with E-state index in [4.69, 9.17) is 10.5 Å². The number of nitrogens with one attached hydrogen (secondary N) is 1. The molecule has 0 unspecified atom stereocenters. The number of anilines is 1. The predicted molar refractivity (Wildman–Crippen MR) is 74.3 cm³/mol. The first-order valence-electron chi connectivity index (χ1n) is 6.68. The number of para-hydroxylation sites is 1. The Hall–Kier alpha value is -2.08. The van der Waals surface area contributed by atoms with Gasteiger partial charge in [-0.05, 0) is 12.1 Å². The predicted octanol–water partition coefficient (Wildman–Crippen LogP) is -1.22. The van der Waals surface area contributed by atoms with E-state index in [0.717, 1.165) is 13.1 Å². The summed E-state index contributed by atoms with van der Waals surface area (Å²) in [7, 11) is 2.10. The molecule has 0 atom stereocenters. The van der Waals surface area contributed by atoms with Gasteiger partial charge in [-0.2, -0.15) is 0 Å². The van der Waals surface area contributed by atoms with Crippen molar-refractivity contribution in [3.8, 4) is 0 Å². The van der Waals surface area contributed by atoms with Crippen molar-refractivity contribution >= 4 is 17.6 Å².